The van der Waals surface area contributed by atoms with Crippen LogP contribution in [0.4, 0.5) is 26.3 Å². The molecule has 0 saturated carbocycles. The lowest BCUT2D eigenvalue weighted by molar-refractivity contribution is -0.143. The number of benzene rings is 1. The Bertz CT molecular complexity index is 559. The maximum absolute atomic E-state index is 12.7. The van der Waals surface area contributed by atoms with Crippen molar-refractivity contribution < 1.29 is 36.2 Å². The number of carboxylic acid groups (broad SMARTS) is 1. The first-order valence-corrected chi connectivity index (χ1v) is 5.78. The van der Waals surface area contributed by atoms with Crippen LogP contribution in [-0.2, 0) is 17.1 Å². The van der Waals surface area contributed by atoms with Crippen LogP contribution >= 0.6 is 0 Å². The van der Waals surface area contributed by atoms with Crippen LogP contribution in [0.25, 0.3) is 5.57 Å². The van der Waals surface area contributed by atoms with Gasteiger partial charge < -0.3 is 10.8 Å². The molecule has 0 bridgehead atoms. The van der Waals surface area contributed by atoms with Gasteiger partial charge in [0.05, 0.1) is 11.1 Å². The number of hydrogen-bond acceptors (Lipinski definition) is 2. The molecular weight excluding hydrogens is 316 g/mol. The van der Waals surface area contributed by atoms with E-state index < -0.39 is 47.5 Å². The summed E-state index contributed by atoms with van der Waals surface area (Å²) in [7, 11) is 0. The van der Waals surface area contributed by atoms with E-state index in [1.165, 1.54) is 0 Å². The Balaban J connectivity index is 3.30. The summed E-state index contributed by atoms with van der Waals surface area (Å²) in [5, 5.41) is 8.62. The highest BCUT2D eigenvalue weighted by Gasteiger charge is 2.37. The summed E-state index contributed by atoms with van der Waals surface area (Å²) in [6.07, 6.45) is -10.4. The number of aliphatic carboxylic acids is 1. The molecular formula is C13H11F6NO2. The minimum atomic E-state index is -4.98. The van der Waals surface area contributed by atoms with Crippen LogP contribution in [-0.4, -0.2) is 17.1 Å². The second-order valence-corrected chi connectivity index (χ2v) is 4.55. The predicted molar refractivity (Wildman–Crippen MR) is 65.7 cm³/mol. The van der Waals surface area contributed by atoms with Gasteiger partial charge in [0.1, 0.15) is 6.04 Å². The SMILES string of the molecule is C=C(CC(N)C(=O)O)c1cc(C(F)(F)F)cc(C(F)(F)F)c1. The lowest BCUT2D eigenvalue weighted by Gasteiger charge is -2.16. The van der Waals surface area contributed by atoms with Crippen molar-refractivity contribution in [2.45, 2.75) is 24.8 Å². The van der Waals surface area contributed by atoms with Crippen LogP contribution < -0.4 is 5.73 Å². The van der Waals surface area contributed by atoms with Crippen molar-refractivity contribution in [3.8, 4) is 0 Å². The van der Waals surface area contributed by atoms with Crippen LogP contribution in [0.1, 0.15) is 23.1 Å². The Kier molecular flexibility index (Phi) is 4.91. The molecule has 0 heterocycles. The third-order valence-electron chi connectivity index (χ3n) is 2.78. The van der Waals surface area contributed by atoms with Gasteiger partial charge in [-0.25, -0.2) is 0 Å². The summed E-state index contributed by atoms with van der Waals surface area (Å²) >= 11 is 0. The summed E-state index contributed by atoms with van der Waals surface area (Å²) in [5.74, 6) is -1.44. The summed E-state index contributed by atoms with van der Waals surface area (Å²) in [6, 6.07) is -0.539. The van der Waals surface area contributed by atoms with E-state index >= 15 is 0 Å². The van der Waals surface area contributed by atoms with Gasteiger partial charge in [-0.1, -0.05) is 6.58 Å². The summed E-state index contributed by atoms with van der Waals surface area (Å²) in [5.41, 5.74) is 1.51. The van der Waals surface area contributed by atoms with Gasteiger partial charge >= 0.3 is 18.3 Å². The van der Waals surface area contributed by atoms with E-state index in [-0.39, 0.29) is 11.6 Å². The van der Waals surface area contributed by atoms with Gasteiger partial charge in [0.2, 0.25) is 0 Å². The first kappa shape index (κ1) is 18.0. The van der Waals surface area contributed by atoms with Crippen molar-refractivity contribution in [3.63, 3.8) is 0 Å². The van der Waals surface area contributed by atoms with E-state index in [9.17, 15) is 31.1 Å². The Morgan fingerprint density at radius 2 is 1.50 bits per heavy atom. The fourth-order valence-corrected chi connectivity index (χ4v) is 1.63. The molecule has 0 aliphatic rings. The summed E-state index contributed by atoms with van der Waals surface area (Å²) in [4.78, 5) is 10.6. The molecule has 1 aromatic carbocycles. The smallest absolute Gasteiger partial charge is 0.416 e. The fourth-order valence-electron chi connectivity index (χ4n) is 1.63. The molecule has 3 nitrogen and oxygen atoms in total. The second kappa shape index (κ2) is 5.99. The van der Waals surface area contributed by atoms with Gasteiger partial charge in [0.25, 0.3) is 0 Å². The highest BCUT2D eigenvalue weighted by atomic mass is 19.4. The average Bonchev–Trinajstić information content (AvgIpc) is 2.35. The van der Waals surface area contributed by atoms with Gasteiger partial charge in [0, 0.05) is 0 Å². The average molecular weight is 327 g/mol. The minimum absolute atomic E-state index is 0.0199. The molecule has 0 aliphatic carbocycles. The quantitative estimate of drug-likeness (QED) is 0.832. The normalized spacial score (nSPS) is 13.8. The summed E-state index contributed by atoms with van der Waals surface area (Å²) < 4.78 is 76.0. The van der Waals surface area contributed by atoms with Crippen LogP contribution in [0, 0.1) is 0 Å². The number of halogens is 6. The molecule has 3 N–H and O–H groups in total. The third-order valence-corrected chi connectivity index (χ3v) is 2.78. The topological polar surface area (TPSA) is 63.3 Å². The molecule has 9 heteroatoms. The highest BCUT2D eigenvalue weighted by Crippen LogP contribution is 2.37. The lowest BCUT2D eigenvalue weighted by Crippen LogP contribution is -2.30. The van der Waals surface area contributed by atoms with Crippen molar-refractivity contribution in [1.29, 1.82) is 0 Å². The predicted octanol–water partition coefficient (Wildman–Crippen LogP) is 3.54. The molecule has 0 saturated heterocycles. The zero-order valence-corrected chi connectivity index (χ0v) is 10.9. The second-order valence-electron chi connectivity index (χ2n) is 4.55. The van der Waals surface area contributed by atoms with Crippen molar-refractivity contribution in [2.24, 2.45) is 5.73 Å². The monoisotopic (exact) mass is 327 g/mol. The molecule has 1 unspecified atom stereocenters. The Morgan fingerprint density at radius 3 is 1.82 bits per heavy atom. The Labute approximate surface area is 121 Å². The molecule has 0 aromatic heterocycles. The van der Waals surface area contributed by atoms with E-state index in [4.69, 9.17) is 10.8 Å². The molecule has 1 rings (SSSR count). The largest absolute Gasteiger partial charge is 0.480 e. The molecule has 0 amide bonds. The third kappa shape index (κ3) is 4.48. The lowest BCUT2D eigenvalue weighted by atomic mass is 9.96. The zero-order chi connectivity index (χ0) is 17.3. The number of carboxylic acids is 1. The number of rotatable bonds is 4. The highest BCUT2D eigenvalue weighted by molar-refractivity contribution is 5.77. The molecule has 1 aromatic rings. The Hall–Kier alpha value is -2.03. The van der Waals surface area contributed by atoms with Gasteiger partial charge in [-0.15, -0.1) is 0 Å². The molecule has 22 heavy (non-hydrogen) atoms. The first-order chi connectivity index (χ1) is 9.82. The van der Waals surface area contributed by atoms with Crippen molar-refractivity contribution in [1.82, 2.24) is 0 Å². The van der Waals surface area contributed by atoms with Crippen LogP contribution in [0.2, 0.25) is 0 Å². The van der Waals surface area contributed by atoms with Gasteiger partial charge in [0.15, 0.2) is 0 Å². The van der Waals surface area contributed by atoms with Crippen molar-refractivity contribution in [2.75, 3.05) is 0 Å². The van der Waals surface area contributed by atoms with E-state index in [1.54, 1.807) is 0 Å². The standard InChI is InChI=1S/C13H11F6NO2/c1-6(2-10(20)11(21)22)7-3-8(12(14,15)16)5-9(4-7)13(17,18)19/h3-5,10H,1-2,20H2,(H,21,22). The number of carbonyl (C=O) groups is 1. The van der Waals surface area contributed by atoms with E-state index in [0.29, 0.717) is 12.1 Å². The van der Waals surface area contributed by atoms with E-state index in [0.717, 1.165) is 0 Å². The van der Waals surface area contributed by atoms with Crippen LogP contribution in [0.3, 0.4) is 0 Å². The van der Waals surface area contributed by atoms with Crippen LogP contribution in [0.15, 0.2) is 24.8 Å². The van der Waals surface area contributed by atoms with Crippen molar-refractivity contribution >= 4 is 11.5 Å². The molecule has 1 atom stereocenters. The number of hydrogen-bond donors (Lipinski definition) is 2. The summed E-state index contributed by atoms with van der Waals surface area (Å²) in [6.45, 7) is 3.32. The number of nitrogens with two attached hydrogens (primary N) is 1. The van der Waals surface area contributed by atoms with E-state index in [1.807, 2.05) is 0 Å². The minimum Gasteiger partial charge on any atom is -0.480 e. The van der Waals surface area contributed by atoms with Crippen LogP contribution in [0.5, 0.6) is 0 Å². The molecule has 0 radical (unpaired) electrons. The fraction of sp³-hybridized carbons (Fsp3) is 0.308. The first-order valence-electron chi connectivity index (χ1n) is 5.78. The van der Waals surface area contributed by atoms with Gasteiger partial charge in [-0.2, -0.15) is 26.3 Å². The van der Waals surface area contributed by atoms with Gasteiger partial charge in [-0.05, 0) is 35.8 Å². The molecule has 0 aliphatic heterocycles. The molecule has 0 fully saturated rings. The van der Waals surface area contributed by atoms with Gasteiger partial charge in [-0.3, -0.25) is 4.79 Å². The maximum atomic E-state index is 12.7. The number of alkyl halides is 6. The van der Waals surface area contributed by atoms with Crippen molar-refractivity contribution in [3.05, 3.63) is 41.5 Å². The van der Waals surface area contributed by atoms with E-state index in [2.05, 4.69) is 6.58 Å². The Morgan fingerprint density at radius 1 is 1.09 bits per heavy atom. The zero-order valence-electron chi connectivity index (χ0n) is 10.9. The molecule has 0 spiro atoms. The molecule has 122 valence electrons. The maximum Gasteiger partial charge on any atom is 0.416 e.